The van der Waals surface area contributed by atoms with E-state index in [1.807, 2.05) is 0 Å². The highest BCUT2D eigenvalue weighted by Gasteiger charge is 2.12. The molecule has 0 amide bonds. The molecule has 1 unspecified atom stereocenters. The SMILES string of the molecule is CNS(=O)(=O)c1ccc(NCCC(C)O)c(N)c1. The largest absolute Gasteiger partial charge is 0.397 e. The predicted octanol–water partition coefficient (Wildman–Crippen LogP) is 0.360. The zero-order valence-electron chi connectivity index (χ0n) is 10.5. The lowest BCUT2D eigenvalue weighted by Gasteiger charge is -2.11. The summed E-state index contributed by atoms with van der Waals surface area (Å²) in [6.45, 7) is 2.27. The number of aliphatic hydroxyl groups is 1. The highest BCUT2D eigenvalue weighted by molar-refractivity contribution is 7.89. The molecule has 0 aliphatic carbocycles. The molecule has 6 nitrogen and oxygen atoms in total. The Morgan fingerprint density at radius 1 is 1.44 bits per heavy atom. The lowest BCUT2D eigenvalue weighted by Crippen LogP contribution is -2.19. The van der Waals surface area contributed by atoms with Gasteiger partial charge in [0.25, 0.3) is 0 Å². The van der Waals surface area contributed by atoms with E-state index in [1.165, 1.54) is 19.2 Å². The maximum Gasteiger partial charge on any atom is 0.240 e. The van der Waals surface area contributed by atoms with Gasteiger partial charge in [-0.15, -0.1) is 0 Å². The summed E-state index contributed by atoms with van der Waals surface area (Å²) < 4.78 is 25.3. The summed E-state index contributed by atoms with van der Waals surface area (Å²) in [5, 5.41) is 12.2. The van der Waals surface area contributed by atoms with Crippen molar-refractivity contribution in [2.45, 2.75) is 24.3 Å². The Labute approximate surface area is 107 Å². The van der Waals surface area contributed by atoms with Gasteiger partial charge >= 0.3 is 0 Å². The third kappa shape index (κ3) is 3.86. The van der Waals surface area contributed by atoms with E-state index in [1.54, 1.807) is 13.0 Å². The average Bonchev–Trinajstić information content (AvgIpc) is 2.30. The van der Waals surface area contributed by atoms with E-state index in [-0.39, 0.29) is 11.0 Å². The quantitative estimate of drug-likeness (QED) is 0.560. The number of hydrogen-bond donors (Lipinski definition) is 4. The van der Waals surface area contributed by atoms with Crippen LogP contribution in [0.2, 0.25) is 0 Å². The number of nitrogens with one attached hydrogen (secondary N) is 2. The van der Waals surface area contributed by atoms with Crippen LogP contribution in [0.5, 0.6) is 0 Å². The topological polar surface area (TPSA) is 104 Å². The first-order valence-electron chi connectivity index (χ1n) is 5.62. The molecule has 0 aliphatic rings. The summed E-state index contributed by atoms with van der Waals surface area (Å²) >= 11 is 0. The first-order valence-corrected chi connectivity index (χ1v) is 7.10. The number of sulfonamides is 1. The fourth-order valence-corrected chi connectivity index (χ4v) is 2.17. The molecule has 5 N–H and O–H groups in total. The van der Waals surface area contributed by atoms with Crippen LogP contribution >= 0.6 is 0 Å². The second kappa shape index (κ2) is 6.03. The highest BCUT2D eigenvalue weighted by atomic mass is 32.2. The lowest BCUT2D eigenvalue weighted by molar-refractivity contribution is 0.189. The molecule has 0 aromatic heterocycles. The van der Waals surface area contributed by atoms with Crippen molar-refractivity contribution in [2.24, 2.45) is 0 Å². The Kier molecular flexibility index (Phi) is 4.94. The van der Waals surface area contributed by atoms with Crippen LogP contribution in [0.4, 0.5) is 11.4 Å². The van der Waals surface area contributed by atoms with Crippen molar-refractivity contribution in [1.29, 1.82) is 0 Å². The maximum atomic E-state index is 11.5. The average molecular weight is 273 g/mol. The maximum absolute atomic E-state index is 11.5. The summed E-state index contributed by atoms with van der Waals surface area (Å²) in [7, 11) is -2.12. The minimum absolute atomic E-state index is 0.128. The monoisotopic (exact) mass is 273 g/mol. The Hall–Kier alpha value is -1.31. The highest BCUT2D eigenvalue weighted by Crippen LogP contribution is 2.22. The van der Waals surface area contributed by atoms with Crippen LogP contribution in [-0.4, -0.2) is 33.2 Å². The van der Waals surface area contributed by atoms with Gasteiger partial charge in [0.15, 0.2) is 0 Å². The molecule has 0 radical (unpaired) electrons. The van der Waals surface area contributed by atoms with Crippen LogP contribution in [0.1, 0.15) is 13.3 Å². The molecule has 1 atom stereocenters. The van der Waals surface area contributed by atoms with Crippen molar-refractivity contribution in [2.75, 3.05) is 24.6 Å². The number of anilines is 2. The third-order valence-electron chi connectivity index (χ3n) is 2.48. The van der Waals surface area contributed by atoms with Crippen LogP contribution in [0, 0.1) is 0 Å². The summed E-state index contributed by atoms with van der Waals surface area (Å²) in [4.78, 5) is 0.128. The minimum atomic E-state index is -3.47. The van der Waals surface area contributed by atoms with Crippen LogP contribution in [-0.2, 0) is 10.0 Å². The normalized spacial score (nSPS) is 13.3. The van der Waals surface area contributed by atoms with Crippen molar-refractivity contribution in [1.82, 2.24) is 4.72 Å². The summed E-state index contributed by atoms with van der Waals surface area (Å²) in [6.07, 6.45) is 0.207. The fraction of sp³-hybridized carbons (Fsp3) is 0.455. The minimum Gasteiger partial charge on any atom is -0.397 e. The van der Waals surface area contributed by atoms with Gasteiger partial charge in [-0.05, 0) is 38.6 Å². The molecule has 0 fully saturated rings. The number of rotatable bonds is 6. The van der Waals surface area contributed by atoms with E-state index in [0.29, 0.717) is 24.3 Å². The second-order valence-electron chi connectivity index (χ2n) is 4.02. The van der Waals surface area contributed by atoms with Gasteiger partial charge in [-0.1, -0.05) is 0 Å². The zero-order valence-corrected chi connectivity index (χ0v) is 11.3. The van der Waals surface area contributed by atoms with Gasteiger partial charge < -0.3 is 16.2 Å². The molecule has 1 rings (SSSR count). The molecule has 1 aromatic carbocycles. The number of nitrogen functional groups attached to an aromatic ring is 1. The Morgan fingerprint density at radius 2 is 2.11 bits per heavy atom. The Bertz CT molecular complexity index is 500. The fourth-order valence-electron chi connectivity index (χ4n) is 1.40. The first kappa shape index (κ1) is 14.7. The molecule has 7 heteroatoms. The van der Waals surface area contributed by atoms with Gasteiger partial charge in [0.05, 0.1) is 22.4 Å². The lowest BCUT2D eigenvalue weighted by atomic mass is 10.2. The molecule has 0 spiro atoms. The predicted molar refractivity (Wildman–Crippen MR) is 71.9 cm³/mol. The van der Waals surface area contributed by atoms with E-state index in [4.69, 9.17) is 10.8 Å². The molecule has 0 saturated heterocycles. The van der Waals surface area contributed by atoms with Gasteiger partial charge in [-0.2, -0.15) is 0 Å². The smallest absolute Gasteiger partial charge is 0.240 e. The van der Waals surface area contributed by atoms with Crippen molar-refractivity contribution in [3.8, 4) is 0 Å². The number of nitrogens with two attached hydrogens (primary N) is 1. The van der Waals surface area contributed by atoms with Crippen molar-refractivity contribution >= 4 is 21.4 Å². The van der Waals surface area contributed by atoms with Gasteiger partial charge in [-0.25, -0.2) is 13.1 Å². The molecule has 18 heavy (non-hydrogen) atoms. The van der Waals surface area contributed by atoms with Crippen molar-refractivity contribution in [3.63, 3.8) is 0 Å². The van der Waals surface area contributed by atoms with E-state index in [2.05, 4.69) is 10.0 Å². The van der Waals surface area contributed by atoms with E-state index in [0.717, 1.165) is 0 Å². The zero-order chi connectivity index (χ0) is 13.8. The van der Waals surface area contributed by atoms with E-state index in [9.17, 15) is 8.42 Å². The Morgan fingerprint density at radius 3 is 2.61 bits per heavy atom. The standard InChI is InChI=1S/C11H19N3O3S/c1-8(15)5-6-14-11-4-3-9(7-10(11)12)18(16,17)13-2/h3-4,7-8,13-15H,5-6,12H2,1-2H3. The molecule has 0 saturated carbocycles. The van der Waals surface area contributed by atoms with Gasteiger partial charge in [-0.3, -0.25) is 0 Å². The second-order valence-corrected chi connectivity index (χ2v) is 5.91. The summed E-state index contributed by atoms with van der Waals surface area (Å²) in [6, 6.07) is 4.49. The van der Waals surface area contributed by atoms with Crippen LogP contribution in [0.3, 0.4) is 0 Å². The van der Waals surface area contributed by atoms with E-state index >= 15 is 0 Å². The van der Waals surface area contributed by atoms with Crippen LogP contribution in [0.25, 0.3) is 0 Å². The van der Waals surface area contributed by atoms with Crippen molar-refractivity contribution in [3.05, 3.63) is 18.2 Å². The number of hydrogen-bond acceptors (Lipinski definition) is 5. The molecule has 0 heterocycles. The van der Waals surface area contributed by atoms with Crippen LogP contribution in [0.15, 0.2) is 23.1 Å². The number of aliphatic hydroxyl groups excluding tert-OH is 1. The summed E-state index contributed by atoms with van der Waals surface area (Å²) in [5.74, 6) is 0. The Balaban J connectivity index is 2.81. The molecular weight excluding hydrogens is 254 g/mol. The molecular formula is C11H19N3O3S. The third-order valence-corrected chi connectivity index (χ3v) is 3.89. The van der Waals surface area contributed by atoms with Gasteiger partial charge in [0.2, 0.25) is 10.0 Å². The molecule has 1 aromatic rings. The number of benzene rings is 1. The first-order chi connectivity index (χ1) is 8.36. The molecule has 102 valence electrons. The summed E-state index contributed by atoms with van der Waals surface area (Å²) in [5.41, 5.74) is 6.79. The van der Waals surface area contributed by atoms with E-state index < -0.39 is 10.0 Å². The van der Waals surface area contributed by atoms with Gasteiger partial charge in [0.1, 0.15) is 0 Å². The van der Waals surface area contributed by atoms with Crippen LogP contribution < -0.4 is 15.8 Å². The molecule has 0 aliphatic heterocycles. The molecule has 0 bridgehead atoms. The van der Waals surface area contributed by atoms with Crippen molar-refractivity contribution < 1.29 is 13.5 Å². The van der Waals surface area contributed by atoms with Gasteiger partial charge in [0, 0.05) is 6.54 Å².